The standard InChI is InChI=1S/C11H13NO4/c1-7-4-12(5-9(7)11(14)15)10(13)8-2-3-16-6-8/h2-3,6-7,9H,4-5H2,1H3,(H,14,15)/t7-,9-/m1/s1. The van der Waals surface area contributed by atoms with E-state index in [2.05, 4.69) is 0 Å². The van der Waals surface area contributed by atoms with Crippen LogP contribution in [0.1, 0.15) is 17.3 Å². The Morgan fingerprint density at radius 2 is 2.25 bits per heavy atom. The van der Waals surface area contributed by atoms with Crippen LogP contribution >= 0.6 is 0 Å². The van der Waals surface area contributed by atoms with Crippen molar-refractivity contribution in [2.75, 3.05) is 13.1 Å². The Balaban J connectivity index is 2.09. The Bertz CT molecular complexity index is 398. The van der Waals surface area contributed by atoms with Gasteiger partial charge in [-0.15, -0.1) is 0 Å². The molecule has 1 amide bonds. The molecule has 1 aromatic rings. The molecule has 2 heterocycles. The van der Waals surface area contributed by atoms with Crippen molar-refractivity contribution in [3.8, 4) is 0 Å². The summed E-state index contributed by atoms with van der Waals surface area (Å²) in [4.78, 5) is 24.4. The zero-order valence-corrected chi connectivity index (χ0v) is 8.92. The van der Waals surface area contributed by atoms with Gasteiger partial charge in [-0.2, -0.15) is 0 Å². The molecule has 5 nitrogen and oxygen atoms in total. The Labute approximate surface area is 92.7 Å². The highest BCUT2D eigenvalue weighted by Gasteiger charge is 2.37. The molecule has 1 N–H and O–H groups in total. The number of aliphatic carboxylic acids is 1. The first-order valence-electron chi connectivity index (χ1n) is 5.14. The third-order valence-corrected chi connectivity index (χ3v) is 2.98. The molecule has 1 aliphatic heterocycles. The summed E-state index contributed by atoms with van der Waals surface area (Å²) in [5.41, 5.74) is 0.471. The van der Waals surface area contributed by atoms with Gasteiger partial charge in [0.2, 0.25) is 0 Å². The van der Waals surface area contributed by atoms with Gasteiger partial charge in [0.15, 0.2) is 0 Å². The van der Waals surface area contributed by atoms with Crippen molar-refractivity contribution < 1.29 is 19.1 Å². The normalized spacial score (nSPS) is 24.7. The first-order valence-corrected chi connectivity index (χ1v) is 5.14. The molecule has 86 valence electrons. The average molecular weight is 223 g/mol. The number of hydrogen-bond donors (Lipinski definition) is 1. The molecule has 5 heteroatoms. The third-order valence-electron chi connectivity index (χ3n) is 2.98. The Morgan fingerprint density at radius 3 is 2.75 bits per heavy atom. The largest absolute Gasteiger partial charge is 0.481 e. The molecule has 1 fully saturated rings. The van der Waals surface area contributed by atoms with E-state index in [1.54, 1.807) is 11.0 Å². The van der Waals surface area contributed by atoms with Crippen LogP contribution in [0, 0.1) is 11.8 Å². The van der Waals surface area contributed by atoms with Crippen LogP contribution in [0.5, 0.6) is 0 Å². The van der Waals surface area contributed by atoms with Gasteiger partial charge in [-0.1, -0.05) is 6.92 Å². The number of carboxylic acid groups (broad SMARTS) is 1. The molecule has 0 saturated carbocycles. The van der Waals surface area contributed by atoms with Crippen LogP contribution in [-0.4, -0.2) is 35.0 Å². The summed E-state index contributed by atoms with van der Waals surface area (Å²) in [5.74, 6) is -1.47. The number of carbonyl (C=O) groups is 2. The predicted octanol–water partition coefficient (Wildman–Crippen LogP) is 1.07. The highest BCUT2D eigenvalue weighted by atomic mass is 16.4. The summed E-state index contributed by atoms with van der Waals surface area (Å²) in [6.07, 6.45) is 2.81. The van der Waals surface area contributed by atoms with Crippen LogP contribution in [0.15, 0.2) is 23.0 Å². The monoisotopic (exact) mass is 223 g/mol. The fourth-order valence-corrected chi connectivity index (χ4v) is 2.02. The van der Waals surface area contributed by atoms with Gasteiger partial charge < -0.3 is 14.4 Å². The van der Waals surface area contributed by atoms with Gasteiger partial charge in [0, 0.05) is 13.1 Å². The third kappa shape index (κ3) is 1.80. The molecule has 0 unspecified atom stereocenters. The second kappa shape index (κ2) is 4.00. The zero-order valence-electron chi connectivity index (χ0n) is 8.92. The van der Waals surface area contributed by atoms with Crippen LogP contribution in [0.25, 0.3) is 0 Å². The van der Waals surface area contributed by atoms with Gasteiger partial charge in [-0.05, 0) is 12.0 Å². The van der Waals surface area contributed by atoms with Crippen molar-refractivity contribution in [3.63, 3.8) is 0 Å². The minimum atomic E-state index is -0.838. The Morgan fingerprint density at radius 1 is 1.50 bits per heavy atom. The molecule has 0 aromatic carbocycles. The van der Waals surface area contributed by atoms with Gasteiger partial charge in [0.1, 0.15) is 6.26 Å². The highest BCUT2D eigenvalue weighted by Crippen LogP contribution is 2.24. The van der Waals surface area contributed by atoms with E-state index >= 15 is 0 Å². The van der Waals surface area contributed by atoms with E-state index in [9.17, 15) is 9.59 Å². The van der Waals surface area contributed by atoms with Crippen LogP contribution in [0.3, 0.4) is 0 Å². The van der Waals surface area contributed by atoms with E-state index in [4.69, 9.17) is 9.52 Å². The van der Waals surface area contributed by atoms with Gasteiger partial charge in [0.25, 0.3) is 5.91 Å². The maximum atomic E-state index is 11.9. The van der Waals surface area contributed by atoms with E-state index < -0.39 is 11.9 Å². The SMILES string of the molecule is C[C@@H]1CN(C(=O)c2ccoc2)C[C@H]1C(=O)O. The first-order chi connectivity index (χ1) is 7.59. The zero-order chi connectivity index (χ0) is 11.7. The van der Waals surface area contributed by atoms with Crippen LogP contribution < -0.4 is 0 Å². The molecule has 2 rings (SSSR count). The summed E-state index contributed by atoms with van der Waals surface area (Å²) in [6, 6.07) is 1.58. The second-order valence-corrected chi connectivity index (χ2v) is 4.14. The predicted molar refractivity (Wildman–Crippen MR) is 54.9 cm³/mol. The molecule has 16 heavy (non-hydrogen) atoms. The molecule has 1 aromatic heterocycles. The van der Waals surface area contributed by atoms with Crippen molar-refractivity contribution in [1.82, 2.24) is 4.90 Å². The molecule has 0 spiro atoms. The van der Waals surface area contributed by atoms with E-state index in [1.165, 1.54) is 12.5 Å². The minimum Gasteiger partial charge on any atom is -0.481 e. The molecule has 0 radical (unpaired) electrons. The Hall–Kier alpha value is -1.78. The summed E-state index contributed by atoms with van der Waals surface area (Å²) < 4.78 is 4.83. The Kier molecular flexibility index (Phi) is 2.68. The number of hydrogen-bond acceptors (Lipinski definition) is 3. The molecule has 0 bridgehead atoms. The summed E-state index contributed by atoms with van der Waals surface area (Å²) in [6.45, 7) is 2.61. The van der Waals surface area contributed by atoms with Crippen molar-refractivity contribution in [2.45, 2.75) is 6.92 Å². The lowest BCUT2D eigenvalue weighted by molar-refractivity contribution is -0.142. The van der Waals surface area contributed by atoms with Gasteiger partial charge in [0.05, 0.1) is 17.7 Å². The molecule has 2 atom stereocenters. The number of likely N-dealkylation sites (tertiary alicyclic amines) is 1. The lowest BCUT2D eigenvalue weighted by Crippen LogP contribution is -2.29. The number of nitrogens with zero attached hydrogens (tertiary/aromatic N) is 1. The van der Waals surface area contributed by atoms with Crippen LogP contribution in [0.4, 0.5) is 0 Å². The molecular weight excluding hydrogens is 210 g/mol. The van der Waals surface area contributed by atoms with E-state index in [1.807, 2.05) is 6.92 Å². The van der Waals surface area contributed by atoms with Crippen LogP contribution in [-0.2, 0) is 4.79 Å². The smallest absolute Gasteiger partial charge is 0.308 e. The van der Waals surface area contributed by atoms with Gasteiger partial charge in [-0.3, -0.25) is 9.59 Å². The lowest BCUT2D eigenvalue weighted by atomic mass is 9.99. The summed E-state index contributed by atoms with van der Waals surface area (Å²) in [7, 11) is 0. The van der Waals surface area contributed by atoms with Gasteiger partial charge >= 0.3 is 5.97 Å². The molecule has 0 aliphatic carbocycles. The number of carboxylic acids is 1. The van der Waals surface area contributed by atoms with Crippen molar-refractivity contribution in [1.29, 1.82) is 0 Å². The van der Waals surface area contributed by atoms with Crippen LogP contribution in [0.2, 0.25) is 0 Å². The van der Waals surface area contributed by atoms with Crippen molar-refractivity contribution >= 4 is 11.9 Å². The first kappa shape index (κ1) is 10.7. The van der Waals surface area contributed by atoms with E-state index in [0.717, 1.165) is 0 Å². The van der Waals surface area contributed by atoms with E-state index in [0.29, 0.717) is 12.1 Å². The van der Waals surface area contributed by atoms with Crippen molar-refractivity contribution in [2.24, 2.45) is 11.8 Å². The minimum absolute atomic E-state index is 0.00616. The second-order valence-electron chi connectivity index (χ2n) is 4.14. The lowest BCUT2D eigenvalue weighted by Gasteiger charge is -2.14. The summed E-state index contributed by atoms with van der Waals surface area (Å²) in [5, 5.41) is 8.96. The summed E-state index contributed by atoms with van der Waals surface area (Å²) >= 11 is 0. The van der Waals surface area contributed by atoms with E-state index in [-0.39, 0.29) is 18.4 Å². The van der Waals surface area contributed by atoms with Gasteiger partial charge in [-0.25, -0.2) is 0 Å². The number of carbonyl (C=O) groups excluding carboxylic acids is 1. The topological polar surface area (TPSA) is 70.8 Å². The highest BCUT2D eigenvalue weighted by molar-refractivity contribution is 5.94. The maximum absolute atomic E-state index is 11.9. The number of amides is 1. The molecule has 1 aliphatic rings. The fraction of sp³-hybridized carbons (Fsp3) is 0.455. The number of furan rings is 1. The average Bonchev–Trinajstić information content (AvgIpc) is 2.84. The molecule has 1 saturated heterocycles. The molecular formula is C11H13NO4. The fourth-order valence-electron chi connectivity index (χ4n) is 2.02. The quantitative estimate of drug-likeness (QED) is 0.814. The van der Waals surface area contributed by atoms with Crippen molar-refractivity contribution in [3.05, 3.63) is 24.2 Å². The number of rotatable bonds is 2. The maximum Gasteiger partial charge on any atom is 0.308 e.